The van der Waals surface area contributed by atoms with Crippen LogP contribution in [0.25, 0.3) is 0 Å². The highest BCUT2D eigenvalue weighted by molar-refractivity contribution is 5.96. The maximum atomic E-state index is 12.2. The number of benzene rings is 1. The summed E-state index contributed by atoms with van der Waals surface area (Å²) in [6, 6.07) is 6.23. The van der Waals surface area contributed by atoms with Crippen molar-refractivity contribution in [3.63, 3.8) is 0 Å². The van der Waals surface area contributed by atoms with Gasteiger partial charge in [0.15, 0.2) is 6.10 Å². The molecule has 0 heterocycles. The first-order valence-electron chi connectivity index (χ1n) is 8.82. The molecule has 0 unspecified atom stereocenters. The summed E-state index contributed by atoms with van der Waals surface area (Å²) in [5.74, 6) is 0.637. The molecule has 2 amide bonds. The molecule has 0 saturated heterocycles. The van der Waals surface area contributed by atoms with Crippen LogP contribution in [0.15, 0.2) is 24.3 Å². The highest BCUT2D eigenvalue weighted by Gasteiger charge is 2.40. The van der Waals surface area contributed by atoms with Crippen LogP contribution in [0.1, 0.15) is 49.4 Å². The summed E-state index contributed by atoms with van der Waals surface area (Å²) in [4.78, 5) is 35.3. The van der Waals surface area contributed by atoms with Gasteiger partial charge in [0.25, 0.3) is 5.91 Å². The van der Waals surface area contributed by atoms with Crippen LogP contribution in [0.5, 0.6) is 0 Å². The Balaban J connectivity index is 1.46. The smallest absolute Gasteiger partial charge is 0.306 e. The quantitative estimate of drug-likeness (QED) is 0.775. The van der Waals surface area contributed by atoms with E-state index in [1.165, 1.54) is 31.4 Å². The molecule has 2 aliphatic carbocycles. The monoisotopic (exact) mass is 344 g/mol. The van der Waals surface area contributed by atoms with E-state index in [4.69, 9.17) is 10.5 Å². The molecule has 2 fully saturated rings. The molecule has 3 N–H and O–H groups in total. The molecular formula is C19H24N2O4. The Hall–Kier alpha value is -2.37. The fourth-order valence-corrected chi connectivity index (χ4v) is 4.10. The molecular weight excluding hydrogens is 320 g/mol. The zero-order valence-electron chi connectivity index (χ0n) is 14.4. The average molecular weight is 344 g/mol. The summed E-state index contributed by atoms with van der Waals surface area (Å²) < 4.78 is 5.29. The van der Waals surface area contributed by atoms with Crippen molar-refractivity contribution in [3.05, 3.63) is 29.8 Å². The van der Waals surface area contributed by atoms with Crippen LogP contribution in [0.3, 0.4) is 0 Å². The molecule has 2 aliphatic rings. The van der Waals surface area contributed by atoms with Crippen LogP contribution < -0.4 is 11.1 Å². The third-order valence-electron chi connectivity index (χ3n) is 5.43. The second-order valence-electron chi connectivity index (χ2n) is 7.20. The zero-order valence-corrected chi connectivity index (χ0v) is 14.4. The van der Waals surface area contributed by atoms with Gasteiger partial charge < -0.3 is 15.8 Å². The summed E-state index contributed by atoms with van der Waals surface area (Å²) >= 11 is 0. The van der Waals surface area contributed by atoms with E-state index in [2.05, 4.69) is 5.32 Å². The van der Waals surface area contributed by atoms with Gasteiger partial charge in [0.1, 0.15) is 0 Å². The van der Waals surface area contributed by atoms with Gasteiger partial charge in [-0.05, 0) is 68.2 Å². The van der Waals surface area contributed by atoms with E-state index in [1.54, 1.807) is 19.1 Å². The lowest BCUT2D eigenvalue weighted by molar-refractivity contribution is -0.154. The molecule has 6 nitrogen and oxygen atoms in total. The minimum atomic E-state index is -0.859. The Morgan fingerprint density at radius 1 is 1.20 bits per heavy atom. The minimum absolute atomic E-state index is 0.302. The van der Waals surface area contributed by atoms with E-state index >= 15 is 0 Å². The number of nitrogens with two attached hydrogens (primary N) is 1. The first-order chi connectivity index (χ1) is 11.9. The van der Waals surface area contributed by atoms with E-state index < -0.39 is 17.9 Å². The second kappa shape index (κ2) is 7.25. The van der Waals surface area contributed by atoms with Crippen molar-refractivity contribution in [2.75, 3.05) is 5.32 Å². The van der Waals surface area contributed by atoms with Gasteiger partial charge in [-0.1, -0.05) is 6.42 Å². The van der Waals surface area contributed by atoms with Crippen LogP contribution >= 0.6 is 0 Å². The maximum Gasteiger partial charge on any atom is 0.306 e. The molecule has 0 spiro atoms. The number of nitrogens with one attached hydrogen (secondary N) is 1. The predicted octanol–water partition coefficient (Wildman–Crippen LogP) is 2.48. The van der Waals surface area contributed by atoms with Crippen molar-refractivity contribution in [2.24, 2.45) is 23.5 Å². The average Bonchev–Trinajstić information content (AvgIpc) is 3.17. The molecule has 0 aromatic heterocycles. The number of ether oxygens (including phenoxy) is 1. The Kier molecular flexibility index (Phi) is 5.06. The second-order valence-corrected chi connectivity index (χ2v) is 7.20. The highest BCUT2D eigenvalue weighted by atomic mass is 16.5. The Morgan fingerprint density at radius 2 is 1.92 bits per heavy atom. The van der Waals surface area contributed by atoms with Gasteiger partial charge in [0.05, 0.1) is 0 Å². The number of fused-ring (bicyclic) bond motifs is 2. The molecule has 0 radical (unpaired) electrons. The number of anilines is 1. The molecule has 1 aromatic carbocycles. The number of carbonyl (C=O) groups is 3. The number of amides is 2. The van der Waals surface area contributed by atoms with Gasteiger partial charge in [-0.3, -0.25) is 14.4 Å². The van der Waals surface area contributed by atoms with Crippen LogP contribution in [-0.2, 0) is 14.3 Å². The number of primary amides is 1. The fourth-order valence-electron chi connectivity index (χ4n) is 4.10. The van der Waals surface area contributed by atoms with E-state index in [-0.39, 0.29) is 5.97 Å². The normalized spacial score (nSPS) is 25.4. The lowest BCUT2D eigenvalue weighted by atomic mass is 9.86. The third-order valence-corrected chi connectivity index (χ3v) is 5.43. The molecule has 134 valence electrons. The Labute approximate surface area is 147 Å². The number of hydrogen-bond donors (Lipinski definition) is 2. The van der Waals surface area contributed by atoms with E-state index in [0.717, 1.165) is 12.3 Å². The molecule has 0 aliphatic heterocycles. The van der Waals surface area contributed by atoms with Crippen molar-refractivity contribution < 1.29 is 19.1 Å². The highest BCUT2D eigenvalue weighted by Crippen LogP contribution is 2.49. The van der Waals surface area contributed by atoms with Gasteiger partial charge in [0, 0.05) is 17.7 Å². The summed E-state index contributed by atoms with van der Waals surface area (Å²) in [5, 5.41) is 2.67. The number of carbonyl (C=O) groups excluding carboxylic acids is 3. The molecule has 2 saturated carbocycles. The van der Waals surface area contributed by atoms with Gasteiger partial charge >= 0.3 is 5.97 Å². The van der Waals surface area contributed by atoms with Gasteiger partial charge in [-0.25, -0.2) is 0 Å². The van der Waals surface area contributed by atoms with Gasteiger partial charge in [0.2, 0.25) is 5.91 Å². The lowest BCUT2D eigenvalue weighted by Crippen LogP contribution is -2.31. The SMILES string of the molecule is C[C@@H](OC(=O)C[C@H]1C[C@H]2CC[C@H]1C2)C(=O)Nc1ccc(C(N)=O)cc1. The molecule has 1 aromatic rings. The van der Waals surface area contributed by atoms with E-state index in [0.29, 0.717) is 29.5 Å². The number of hydrogen-bond acceptors (Lipinski definition) is 4. The van der Waals surface area contributed by atoms with Crippen molar-refractivity contribution in [3.8, 4) is 0 Å². The Bertz CT molecular complexity index is 671. The van der Waals surface area contributed by atoms with Crippen molar-refractivity contribution >= 4 is 23.5 Å². The lowest BCUT2D eigenvalue weighted by Gasteiger charge is -2.21. The van der Waals surface area contributed by atoms with E-state index in [1.807, 2.05) is 0 Å². The van der Waals surface area contributed by atoms with Gasteiger partial charge in [-0.2, -0.15) is 0 Å². The first-order valence-corrected chi connectivity index (χ1v) is 8.82. The predicted molar refractivity (Wildman–Crippen MR) is 92.7 cm³/mol. The van der Waals surface area contributed by atoms with Crippen LogP contribution in [-0.4, -0.2) is 23.9 Å². The molecule has 2 bridgehead atoms. The largest absolute Gasteiger partial charge is 0.453 e. The summed E-state index contributed by atoms with van der Waals surface area (Å²) in [6.07, 6.45) is 4.43. The molecule has 3 rings (SSSR count). The zero-order chi connectivity index (χ0) is 18.0. The van der Waals surface area contributed by atoms with Crippen LogP contribution in [0.4, 0.5) is 5.69 Å². The minimum Gasteiger partial charge on any atom is -0.453 e. The standard InChI is InChI=1S/C19H24N2O4/c1-11(19(24)21-16-6-4-13(5-7-16)18(20)23)25-17(22)10-15-9-12-2-3-14(15)8-12/h4-7,11-12,14-15H,2-3,8-10H2,1H3,(H2,20,23)(H,21,24)/t11-,12+,14+,15-/m1/s1. The van der Waals surface area contributed by atoms with Crippen molar-refractivity contribution in [1.29, 1.82) is 0 Å². The molecule has 4 atom stereocenters. The third kappa shape index (κ3) is 4.18. The van der Waals surface area contributed by atoms with E-state index in [9.17, 15) is 14.4 Å². The topological polar surface area (TPSA) is 98.5 Å². The van der Waals surface area contributed by atoms with Crippen molar-refractivity contribution in [2.45, 2.75) is 45.1 Å². The fraction of sp³-hybridized carbons (Fsp3) is 0.526. The van der Waals surface area contributed by atoms with Crippen LogP contribution in [0.2, 0.25) is 0 Å². The van der Waals surface area contributed by atoms with Crippen LogP contribution in [0, 0.1) is 17.8 Å². The Morgan fingerprint density at radius 3 is 2.48 bits per heavy atom. The first kappa shape index (κ1) is 17.5. The number of rotatable bonds is 6. The molecule has 25 heavy (non-hydrogen) atoms. The summed E-state index contributed by atoms with van der Waals surface area (Å²) in [5.41, 5.74) is 6.06. The number of esters is 1. The molecule has 6 heteroatoms. The van der Waals surface area contributed by atoms with Crippen molar-refractivity contribution in [1.82, 2.24) is 0 Å². The summed E-state index contributed by atoms with van der Waals surface area (Å²) in [6.45, 7) is 1.56. The maximum absolute atomic E-state index is 12.2. The van der Waals surface area contributed by atoms with Gasteiger partial charge in [-0.15, -0.1) is 0 Å². The summed E-state index contributed by atoms with van der Waals surface area (Å²) in [7, 11) is 0.